The van der Waals surface area contributed by atoms with Crippen LogP contribution >= 0.6 is 0 Å². The molecule has 0 spiro atoms. The second-order valence-electron chi connectivity index (χ2n) is 5.99. The van der Waals surface area contributed by atoms with Crippen LogP contribution in [-0.4, -0.2) is 22.5 Å². The monoisotopic (exact) mass is 332 g/mol. The highest BCUT2D eigenvalue weighted by atomic mass is 19.1. The molecule has 1 unspecified atom stereocenters. The van der Waals surface area contributed by atoms with Crippen molar-refractivity contribution in [2.24, 2.45) is 5.10 Å². The Balaban J connectivity index is 1.84. The number of hydrogen-bond donors (Lipinski definition) is 1. The van der Waals surface area contributed by atoms with E-state index < -0.39 is 0 Å². The summed E-state index contributed by atoms with van der Waals surface area (Å²) < 4.78 is 13.6. The smallest absolute Gasteiger partial charge is 0.147 e. The molecule has 1 aromatic carbocycles. The van der Waals surface area contributed by atoms with Crippen LogP contribution in [0.4, 0.5) is 4.39 Å². The zero-order valence-electron chi connectivity index (χ0n) is 13.8. The molecule has 4 rings (SSSR count). The number of rotatable bonds is 3. The van der Waals surface area contributed by atoms with Crippen molar-refractivity contribution in [3.63, 3.8) is 0 Å². The van der Waals surface area contributed by atoms with E-state index in [0.717, 1.165) is 28.0 Å². The third kappa shape index (κ3) is 2.63. The van der Waals surface area contributed by atoms with E-state index in [1.165, 1.54) is 6.07 Å². The summed E-state index contributed by atoms with van der Waals surface area (Å²) in [7, 11) is 0. The molecule has 2 aliphatic heterocycles. The molecule has 5 heteroatoms. The van der Waals surface area contributed by atoms with Crippen LogP contribution < -0.4 is 5.32 Å². The number of hydrogen-bond acceptors (Lipinski definition) is 4. The molecule has 0 aliphatic carbocycles. The summed E-state index contributed by atoms with van der Waals surface area (Å²) in [6.45, 7) is 5.66. The lowest BCUT2D eigenvalue weighted by Crippen LogP contribution is -2.36. The predicted molar refractivity (Wildman–Crippen MR) is 97.9 cm³/mol. The first-order chi connectivity index (χ1) is 12.2. The molecule has 3 heterocycles. The van der Waals surface area contributed by atoms with Crippen LogP contribution in [0.1, 0.15) is 11.1 Å². The topological polar surface area (TPSA) is 40.5 Å². The first-order valence-corrected chi connectivity index (χ1v) is 8.02. The fourth-order valence-electron chi connectivity index (χ4n) is 3.09. The fraction of sp³-hybridized carbons (Fsp3) is 0.100. The second-order valence-corrected chi connectivity index (χ2v) is 5.99. The maximum absolute atomic E-state index is 13.6. The van der Waals surface area contributed by atoms with Crippen molar-refractivity contribution in [1.82, 2.24) is 15.3 Å². The summed E-state index contributed by atoms with van der Waals surface area (Å²) >= 11 is 0. The van der Waals surface area contributed by atoms with Crippen LogP contribution in [0.3, 0.4) is 0 Å². The third-order valence-electron chi connectivity index (χ3n) is 4.38. The molecule has 2 aromatic rings. The van der Waals surface area contributed by atoms with Crippen molar-refractivity contribution in [3.05, 3.63) is 84.0 Å². The number of pyridine rings is 1. The van der Waals surface area contributed by atoms with Gasteiger partial charge in [-0.3, -0.25) is 4.98 Å². The maximum atomic E-state index is 13.6. The van der Waals surface area contributed by atoms with Crippen LogP contribution in [0.25, 0.3) is 16.8 Å². The van der Waals surface area contributed by atoms with E-state index >= 15 is 0 Å². The third-order valence-corrected chi connectivity index (χ3v) is 4.38. The molecule has 0 fully saturated rings. The number of halogens is 1. The Labute approximate surface area is 145 Å². The number of fused-ring (bicyclic) bond motifs is 1. The molecule has 25 heavy (non-hydrogen) atoms. The maximum Gasteiger partial charge on any atom is 0.147 e. The normalized spacial score (nSPS) is 18.3. The Morgan fingerprint density at radius 1 is 1.32 bits per heavy atom. The van der Waals surface area contributed by atoms with Gasteiger partial charge in [-0.15, -0.1) is 0 Å². The van der Waals surface area contributed by atoms with Crippen LogP contribution in [-0.2, 0) is 0 Å². The minimum absolute atomic E-state index is 0.0190. The lowest BCUT2D eigenvalue weighted by Gasteiger charge is -2.27. The van der Waals surface area contributed by atoms with E-state index in [9.17, 15) is 4.39 Å². The number of hydrazone groups is 1. The molecular weight excluding hydrogens is 315 g/mol. The number of nitrogens with zero attached hydrogens (tertiary/aromatic N) is 3. The van der Waals surface area contributed by atoms with Gasteiger partial charge in [0, 0.05) is 29.1 Å². The van der Waals surface area contributed by atoms with Gasteiger partial charge in [-0.1, -0.05) is 18.7 Å². The van der Waals surface area contributed by atoms with Crippen molar-refractivity contribution in [1.29, 1.82) is 0 Å². The molecule has 2 aliphatic rings. The quantitative estimate of drug-likeness (QED) is 0.928. The van der Waals surface area contributed by atoms with Gasteiger partial charge in [0.05, 0.1) is 5.69 Å². The van der Waals surface area contributed by atoms with Crippen LogP contribution in [0.15, 0.2) is 72.1 Å². The first-order valence-electron chi connectivity index (χ1n) is 8.02. The molecule has 0 radical (unpaired) electrons. The molecule has 0 saturated carbocycles. The van der Waals surface area contributed by atoms with Gasteiger partial charge in [0.15, 0.2) is 0 Å². The van der Waals surface area contributed by atoms with E-state index in [0.29, 0.717) is 5.56 Å². The van der Waals surface area contributed by atoms with E-state index in [-0.39, 0.29) is 12.0 Å². The zero-order chi connectivity index (χ0) is 17.4. The van der Waals surface area contributed by atoms with Gasteiger partial charge in [-0.05, 0) is 48.4 Å². The minimum Gasteiger partial charge on any atom is -0.349 e. The van der Waals surface area contributed by atoms with Gasteiger partial charge in [0.25, 0.3) is 0 Å². The fourth-order valence-corrected chi connectivity index (χ4v) is 3.09. The highest BCUT2D eigenvalue weighted by Gasteiger charge is 2.26. The van der Waals surface area contributed by atoms with Gasteiger partial charge in [0.2, 0.25) is 0 Å². The molecular formula is C20H17FN4. The number of aryl methyl sites for hydroxylation is 1. The van der Waals surface area contributed by atoms with Gasteiger partial charge in [-0.25, -0.2) is 9.40 Å². The van der Waals surface area contributed by atoms with Crippen molar-refractivity contribution < 1.29 is 4.39 Å². The van der Waals surface area contributed by atoms with E-state index in [2.05, 4.69) is 28.1 Å². The molecule has 0 bridgehead atoms. The Bertz CT molecular complexity index is 942. The molecule has 124 valence electrons. The van der Waals surface area contributed by atoms with Crippen LogP contribution in [0, 0.1) is 12.7 Å². The van der Waals surface area contributed by atoms with Crippen molar-refractivity contribution in [3.8, 4) is 11.3 Å². The van der Waals surface area contributed by atoms with Crippen LogP contribution in [0.2, 0.25) is 0 Å². The van der Waals surface area contributed by atoms with Crippen molar-refractivity contribution in [2.75, 3.05) is 0 Å². The number of benzene rings is 1. The average Bonchev–Trinajstić information content (AvgIpc) is 3.12. The summed E-state index contributed by atoms with van der Waals surface area (Å²) in [5.74, 6) is -0.215. The zero-order valence-corrected chi connectivity index (χ0v) is 13.8. The Morgan fingerprint density at radius 3 is 3.00 bits per heavy atom. The standard InChI is InChI=1S/C20H17FN4/c1-3-14-10-16(11-25-20(14)23-12-24-25)17-5-4-8-22-19(17)15-6-7-18(21)13(2)9-15/h3-12,20H,1H2,2H3,(H,23,24). The highest BCUT2D eigenvalue weighted by Crippen LogP contribution is 2.33. The molecule has 1 atom stereocenters. The summed E-state index contributed by atoms with van der Waals surface area (Å²) in [5, 5.41) is 9.37. The summed E-state index contributed by atoms with van der Waals surface area (Å²) in [4.78, 5) is 4.54. The minimum atomic E-state index is -0.215. The lowest BCUT2D eigenvalue weighted by molar-refractivity contribution is 0.341. The molecule has 4 nitrogen and oxygen atoms in total. The van der Waals surface area contributed by atoms with Crippen molar-refractivity contribution in [2.45, 2.75) is 13.1 Å². The summed E-state index contributed by atoms with van der Waals surface area (Å²) in [5.41, 5.74) is 5.27. The summed E-state index contributed by atoms with van der Waals surface area (Å²) in [6, 6.07) is 8.97. The SMILES string of the molecule is C=CC1=CC(c2cccnc2-c2ccc(F)c(C)c2)=CN2N=CNC12. The largest absolute Gasteiger partial charge is 0.349 e. The molecule has 1 N–H and O–H groups in total. The highest BCUT2D eigenvalue weighted by molar-refractivity contribution is 5.85. The van der Waals surface area contributed by atoms with Gasteiger partial charge >= 0.3 is 0 Å². The Hall–Kier alpha value is -3.21. The van der Waals surface area contributed by atoms with Crippen LogP contribution in [0.5, 0.6) is 0 Å². The van der Waals surface area contributed by atoms with Gasteiger partial charge in [0.1, 0.15) is 18.3 Å². The van der Waals surface area contributed by atoms with Gasteiger partial charge in [-0.2, -0.15) is 5.10 Å². The number of nitrogens with one attached hydrogen (secondary N) is 1. The molecule has 1 aromatic heterocycles. The second kappa shape index (κ2) is 6.02. The number of aromatic nitrogens is 1. The van der Waals surface area contributed by atoms with Gasteiger partial charge < -0.3 is 5.32 Å². The van der Waals surface area contributed by atoms with E-state index in [1.807, 2.05) is 35.5 Å². The molecule has 0 saturated heterocycles. The Kier molecular flexibility index (Phi) is 3.69. The first kappa shape index (κ1) is 15.3. The lowest BCUT2D eigenvalue weighted by atomic mass is 9.95. The van der Waals surface area contributed by atoms with Crippen molar-refractivity contribution >= 4 is 11.9 Å². The summed E-state index contributed by atoms with van der Waals surface area (Å²) in [6.07, 6.45) is 9.28. The Morgan fingerprint density at radius 2 is 2.20 bits per heavy atom. The number of allylic oxidation sites excluding steroid dienone is 2. The van der Waals surface area contributed by atoms with E-state index in [4.69, 9.17) is 0 Å². The molecule has 0 amide bonds. The van der Waals surface area contributed by atoms with E-state index in [1.54, 1.807) is 25.5 Å². The average molecular weight is 332 g/mol. The predicted octanol–water partition coefficient (Wildman–Crippen LogP) is 3.84.